The zero-order chi connectivity index (χ0) is 23.1. The van der Waals surface area contributed by atoms with Crippen molar-refractivity contribution in [3.63, 3.8) is 0 Å². The second kappa shape index (κ2) is 10.6. The van der Waals surface area contributed by atoms with Gasteiger partial charge in [0.25, 0.3) is 0 Å². The summed E-state index contributed by atoms with van der Waals surface area (Å²) in [7, 11) is 3.24. The first-order chi connectivity index (χ1) is 15.4. The minimum absolute atomic E-state index is 0.00150. The smallest absolute Gasteiger partial charge is 0.222 e. The lowest BCUT2D eigenvalue weighted by atomic mass is 10.0. The molecule has 0 unspecified atom stereocenters. The van der Waals surface area contributed by atoms with E-state index in [2.05, 4.69) is 9.97 Å². The highest BCUT2D eigenvalue weighted by molar-refractivity contribution is 5.96. The van der Waals surface area contributed by atoms with Crippen LogP contribution in [0.5, 0.6) is 5.88 Å². The first-order valence-electron chi connectivity index (χ1n) is 10.4. The lowest BCUT2D eigenvalue weighted by Gasteiger charge is -2.16. The molecule has 0 saturated heterocycles. The highest BCUT2D eigenvalue weighted by atomic mass is 19.1. The van der Waals surface area contributed by atoms with E-state index in [4.69, 9.17) is 4.74 Å². The highest BCUT2D eigenvalue weighted by Gasteiger charge is 2.13. The van der Waals surface area contributed by atoms with Gasteiger partial charge in [0, 0.05) is 55.5 Å². The zero-order valence-corrected chi connectivity index (χ0v) is 18.5. The fourth-order valence-corrected chi connectivity index (χ4v) is 3.41. The number of aromatic nitrogens is 2. The Morgan fingerprint density at radius 3 is 2.59 bits per heavy atom. The maximum Gasteiger partial charge on any atom is 0.222 e. The average Bonchev–Trinajstić information content (AvgIpc) is 2.82. The van der Waals surface area contributed by atoms with Gasteiger partial charge < -0.3 is 9.64 Å². The Kier molecular flexibility index (Phi) is 7.65. The number of pyridine rings is 2. The third kappa shape index (κ3) is 5.55. The van der Waals surface area contributed by atoms with Crippen LogP contribution >= 0.6 is 0 Å². The molecule has 32 heavy (non-hydrogen) atoms. The van der Waals surface area contributed by atoms with Gasteiger partial charge in [-0.25, -0.2) is 9.37 Å². The van der Waals surface area contributed by atoms with Crippen LogP contribution in [0.25, 0.3) is 11.3 Å². The minimum atomic E-state index is -0.421. The maximum atomic E-state index is 14.7. The number of rotatable bonds is 9. The monoisotopic (exact) mass is 435 g/mol. The summed E-state index contributed by atoms with van der Waals surface area (Å²) in [5.74, 6) is 0.0285. The lowest BCUT2D eigenvalue weighted by Crippen LogP contribution is -2.25. The van der Waals surface area contributed by atoms with E-state index in [9.17, 15) is 14.0 Å². The number of hydrogen-bond acceptors (Lipinski definition) is 5. The third-order valence-electron chi connectivity index (χ3n) is 5.21. The van der Waals surface area contributed by atoms with Crippen LogP contribution in [0, 0.1) is 5.82 Å². The molecule has 0 aliphatic rings. The van der Waals surface area contributed by atoms with E-state index in [0.29, 0.717) is 47.7 Å². The van der Waals surface area contributed by atoms with Gasteiger partial charge in [0.15, 0.2) is 5.78 Å². The molecular formula is C25H26FN3O3. The second-order valence-corrected chi connectivity index (χ2v) is 7.44. The molecule has 0 radical (unpaired) electrons. The Balaban J connectivity index is 1.67. The van der Waals surface area contributed by atoms with Crippen LogP contribution in [0.3, 0.4) is 0 Å². The van der Waals surface area contributed by atoms with Crippen molar-refractivity contribution < 1.29 is 18.7 Å². The number of aryl methyl sites for hydroxylation is 1. The molecule has 3 aromatic rings. The summed E-state index contributed by atoms with van der Waals surface area (Å²) in [6, 6.07) is 11.8. The third-order valence-corrected chi connectivity index (χ3v) is 5.21. The maximum absolute atomic E-state index is 14.7. The quantitative estimate of drug-likeness (QED) is 0.464. The largest absolute Gasteiger partial charge is 0.481 e. The van der Waals surface area contributed by atoms with Crippen LogP contribution < -0.4 is 4.74 Å². The molecule has 2 heterocycles. The summed E-state index contributed by atoms with van der Waals surface area (Å²) >= 11 is 0. The van der Waals surface area contributed by atoms with Crippen molar-refractivity contribution in [1.29, 1.82) is 0 Å². The van der Waals surface area contributed by atoms with Crippen molar-refractivity contribution in [1.82, 2.24) is 14.9 Å². The number of methoxy groups -OCH3 is 1. The number of nitrogens with zero attached hydrogens (tertiary/aromatic N) is 3. The Morgan fingerprint density at radius 1 is 1.12 bits per heavy atom. The van der Waals surface area contributed by atoms with E-state index in [0.717, 1.165) is 5.56 Å². The number of ether oxygens (including phenoxy) is 1. The van der Waals surface area contributed by atoms with Crippen LogP contribution in [-0.2, 0) is 17.8 Å². The molecule has 166 valence electrons. The Morgan fingerprint density at radius 2 is 1.94 bits per heavy atom. The van der Waals surface area contributed by atoms with Crippen LogP contribution in [0.1, 0.15) is 41.3 Å². The number of carbonyl (C=O) groups excluding carboxylic acids is 2. The molecule has 7 heteroatoms. The van der Waals surface area contributed by atoms with Crippen molar-refractivity contribution in [2.75, 3.05) is 14.2 Å². The summed E-state index contributed by atoms with van der Waals surface area (Å²) in [6.07, 6.45) is 4.31. The number of amides is 1. The van der Waals surface area contributed by atoms with Crippen LogP contribution in [-0.4, -0.2) is 40.7 Å². The van der Waals surface area contributed by atoms with Gasteiger partial charge in [0.1, 0.15) is 5.82 Å². The van der Waals surface area contributed by atoms with Crippen LogP contribution in [0.4, 0.5) is 4.39 Å². The molecule has 0 aliphatic heterocycles. The van der Waals surface area contributed by atoms with Gasteiger partial charge in [0.2, 0.25) is 11.8 Å². The molecule has 0 spiro atoms. The van der Waals surface area contributed by atoms with Gasteiger partial charge in [-0.05, 0) is 42.3 Å². The van der Waals surface area contributed by atoms with Gasteiger partial charge in [-0.1, -0.05) is 19.1 Å². The Hall–Kier alpha value is -3.61. The number of benzene rings is 1. The predicted octanol–water partition coefficient (Wildman–Crippen LogP) is 4.48. The molecule has 0 aliphatic carbocycles. The molecule has 0 bridgehead atoms. The van der Waals surface area contributed by atoms with E-state index in [1.54, 1.807) is 62.5 Å². The first-order valence-corrected chi connectivity index (χ1v) is 10.4. The average molecular weight is 435 g/mol. The number of halogens is 1. The zero-order valence-electron chi connectivity index (χ0n) is 18.5. The van der Waals surface area contributed by atoms with Gasteiger partial charge >= 0.3 is 0 Å². The standard InChI is InChI=1S/C25H26FN3O3/c1-4-24(31)29(2)16-17-7-10-20(21(26)14-17)22-11-8-19(15-28-22)23(30)12-9-18-6-5-13-27-25(18)32-3/h5-8,10-11,13-15H,4,9,12,16H2,1-3H3. The second-order valence-electron chi connectivity index (χ2n) is 7.44. The number of Topliss-reactive ketones (excluding diaryl/α,β-unsaturated/α-hetero) is 1. The molecule has 0 saturated carbocycles. The molecule has 0 fully saturated rings. The van der Waals surface area contributed by atoms with Gasteiger partial charge in [0.05, 0.1) is 12.8 Å². The molecule has 3 rings (SSSR count). The molecule has 0 atom stereocenters. The van der Waals surface area contributed by atoms with Gasteiger partial charge in [-0.2, -0.15) is 0 Å². The molecular weight excluding hydrogens is 409 g/mol. The normalized spacial score (nSPS) is 10.6. The summed E-state index contributed by atoms with van der Waals surface area (Å²) in [5.41, 5.74) is 2.82. The molecule has 1 aromatic carbocycles. The van der Waals surface area contributed by atoms with Crippen molar-refractivity contribution in [3.8, 4) is 17.1 Å². The van der Waals surface area contributed by atoms with Gasteiger partial charge in [-0.3, -0.25) is 14.6 Å². The summed E-state index contributed by atoms with van der Waals surface area (Å²) in [6.45, 7) is 2.13. The number of carbonyl (C=O) groups is 2. The molecule has 6 nitrogen and oxygen atoms in total. The fourth-order valence-electron chi connectivity index (χ4n) is 3.41. The summed E-state index contributed by atoms with van der Waals surface area (Å²) in [5, 5.41) is 0. The molecule has 0 N–H and O–H groups in total. The summed E-state index contributed by atoms with van der Waals surface area (Å²) < 4.78 is 19.9. The van der Waals surface area contributed by atoms with Crippen LogP contribution in [0.2, 0.25) is 0 Å². The molecule has 1 amide bonds. The van der Waals surface area contributed by atoms with Crippen molar-refractivity contribution >= 4 is 11.7 Å². The van der Waals surface area contributed by atoms with E-state index in [1.807, 2.05) is 6.07 Å². The number of hydrogen-bond donors (Lipinski definition) is 0. The first kappa shape index (κ1) is 23.1. The minimum Gasteiger partial charge on any atom is -0.481 e. The lowest BCUT2D eigenvalue weighted by molar-refractivity contribution is -0.130. The highest BCUT2D eigenvalue weighted by Crippen LogP contribution is 2.23. The molecule has 2 aromatic heterocycles. The Labute approximate surface area is 187 Å². The predicted molar refractivity (Wildman–Crippen MR) is 120 cm³/mol. The van der Waals surface area contributed by atoms with E-state index in [-0.39, 0.29) is 18.1 Å². The van der Waals surface area contributed by atoms with E-state index < -0.39 is 5.82 Å². The fraction of sp³-hybridized carbons (Fsp3) is 0.280. The van der Waals surface area contributed by atoms with Crippen molar-refractivity contribution in [3.05, 3.63) is 77.4 Å². The van der Waals surface area contributed by atoms with E-state index >= 15 is 0 Å². The van der Waals surface area contributed by atoms with Crippen molar-refractivity contribution in [2.45, 2.75) is 32.7 Å². The number of ketones is 1. The Bertz CT molecular complexity index is 1100. The SMILES string of the molecule is CCC(=O)N(C)Cc1ccc(-c2ccc(C(=O)CCc3cccnc3OC)cn2)c(F)c1. The summed E-state index contributed by atoms with van der Waals surface area (Å²) in [4.78, 5) is 34.3. The van der Waals surface area contributed by atoms with Crippen LogP contribution in [0.15, 0.2) is 54.9 Å². The van der Waals surface area contributed by atoms with Gasteiger partial charge in [-0.15, -0.1) is 0 Å². The topological polar surface area (TPSA) is 72.4 Å². The van der Waals surface area contributed by atoms with Crippen molar-refractivity contribution in [2.24, 2.45) is 0 Å². The van der Waals surface area contributed by atoms with E-state index in [1.165, 1.54) is 12.3 Å².